The van der Waals surface area contributed by atoms with Crippen LogP contribution in [0.3, 0.4) is 0 Å². The lowest BCUT2D eigenvalue weighted by molar-refractivity contribution is -0.118. The summed E-state index contributed by atoms with van der Waals surface area (Å²) in [7, 11) is 0. The van der Waals surface area contributed by atoms with Crippen molar-refractivity contribution in [3.8, 4) is 5.75 Å². The Balaban J connectivity index is 1.70. The van der Waals surface area contributed by atoms with Crippen molar-refractivity contribution in [2.45, 2.75) is 39.0 Å². The number of carbonyl (C=O) groups excluding carboxylic acids is 2. The van der Waals surface area contributed by atoms with Crippen molar-refractivity contribution in [2.24, 2.45) is 0 Å². The van der Waals surface area contributed by atoms with E-state index in [1.54, 1.807) is 0 Å². The molecule has 158 valence electrons. The lowest BCUT2D eigenvalue weighted by Gasteiger charge is -2.16. The van der Waals surface area contributed by atoms with Crippen LogP contribution in [0.25, 0.3) is 10.8 Å². The third kappa shape index (κ3) is 5.21. The van der Waals surface area contributed by atoms with Crippen molar-refractivity contribution in [2.75, 3.05) is 6.54 Å². The van der Waals surface area contributed by atoms with Crippen LogP contribution in [0.15, 0.2) is 72.5 Å². The maximum Gasteiger partial charge on any atom is 0.216 e. The predicted molar refractivity (Wildman–Crippen MR) is 123 cm³/mol. The Morgan fingerprint density at radius 3 is 2.55 bits per heavy atom. The highest BCUT2D eigenvalue weighted by molar-refractivity contribution is 6.11. The summed E-state index contributed by atoms with van der Waals surface area (Å²) < 4.78 is 6.13. The van der Waals surface area contributed by atoms with Gasteiger partial charge in [0, 0.05) is 31.0 Å². The Morgan fingerprint density at radius 2 is 1.81 bits per heavy atom. The molecule has 0 saturated heterocycles. The molecule has 0 spiro atoms. The first kappa shape index (κ1) is 20.9. The zero-order valence-electron chi connectivity index (χ0n) is 17.8. The number of ether oxygens (including phenoxy) is 1. The minimum Gasteiger partial charge on any atom is -0.462 e. The smallest absolute Gasteiger partial charge is 0.216 e. The van der Waals surface area contributed by atoms with E-state index >= 15 is 0 Å². The number of hydrogen-bond acceptors (Lipinski definition) is 3. The van der Waals surface area contributed by atoms with Gasteiger partial charge in [0.25, 0.3) is 0 Å². The number of benzene rings is 3. The van der Waals surface area contributed by atoms with Crippen LogP contribution >= 0.6 is 0 Å². The standard InChI is InChI=1S/C27H27NO3/c1-19(29)28-15-14-22-17-23(27(30)20-8-4-2-5-9-20)16-21-12-13-25(18-26(21)22)31-24-10-6-3-7-11-24/h2,4-5,8-10,12-13,16-18H,3,6-7,11,14-15H2,1H3,(H,28,29). The molecule has 0 fully saturated rings. The van der Waals surface area contributed by atoms with E-state index in [9.17, 15) is 9.59 Å². The maximum atomic E-state index is 13.1. The number of rotatable bonds is 7. The van der Waals surface area contributed by atoms with E-state index in [0.717, 1.165) is 47.1 Å². The average Bonchev–Trinajstić information content (AvgIpc) is 2.79. The van der Waals surface area contributed by atoms with Crippen molar-refractivity contribution < 1.29 is 14.3 Å². The predicted octanol–water partition coefficient (Wildman–Crippen LogP) is 5.59. The van der Waals surface area contributed by atoms with Gasteiger partial charge in [-0.1, -0.05) is 36.4 Å². The molecule has 0 saturated carbocycles. The Hall–Kier alpha value is -3.40. The molecule has 4 heteroatoms. The molecule has 0 heterocycles. The van der Waals surface area contributed by atoms with Gasteiger partial charge in [-0.15, -0.1) is 0 Å². The fourth-order valence-corrected chi connectivity index (χ4v) is 4.00. The Kier molecular flexibility index (Phi) is 6.46. The molecule has 31 heavy (non-hydrogen) atoms. The third-order valence-electron chi connectivity index (χ3n) is 5.58. The summed E-state index contributed by atoms with van der Waals surface area (Å²) in [4.78, 5) is 24.4. The van der Waals surface area contributed by atoms with E-state index in [4.69, 9.17) is 4.74 Å². The van der Waals surface area contributed by atoms with Crippen LogP contribution in [0, 0.1) is 0 Å². The molecule has 4 nitrogen and oxygen atoms in total. The molecule has 1 N–H and O–H groups in total. The minimum absolute atomic E-state index is 0.00374. The van der Waals surface area contributed by atoms with Crippen LogP contribution in [-0.4, -0.2) is 18.2 Å². The van der Waals surface area contributed by atoms with Crippen LogP contribution in [0.4, 0.5) is 0 Å². The first-order chi connectivity index (χ1) is 15.1. The molecule has 1 amide bonds. The molecular weight excluding hydrogens is 386 g/mol. The molecule has 1 aliphatic rings. The Labute approximate surface area is 182 Å². The van der Waals surface area contributed by atoms with Gasteiger partial charge in [0.2, 0.25) is 5.91 Å². The molecule has 3 aromatic rings. The highest BCUT2D eigenvalue weighted by Gasteiger charge is 2.14. The zero-order valence-corrected chi connectivity index (χ0v) is 17.8. The van der Waals surface area contributed by atoms with Crippen molar-refractivity contribution in [1.82, 2.24) is 5.32 Å². The van der Waals surface area contributed by atoms with Gasteiger partial charge in [0.1, 0.15) is 11.5 Å². The first-order valence-electron chi connectivity index (χ1n) is 10.9. The van der Waals surface area contributed by atoms with E-state index in [-0.39, 0.29) is 11.7 Å². The Morgan fingerprint density at radius 1 is 0.968 bits per heavy atom. The van der Waals surface area contributed by atoms with Crippen LogP contribution in [0.2, 0.25) is 0 Å². The molecule has 0 atom stereocenters. The van der Waals surface area contributed by atoms with E-state index in [0.29, 0.717) is 24.1 Å². The number of allylic oxidation sites excluding steroid dienone is 2. The largest absolute Gasteiger partial charge is 0.462 e. The highest BCUT2D eigenvalue weighted by atomic mass is 16.5. The van der Waals surface area contributed by atoms with E-state index in [2.05, 4.69) is 11.4 Å². The number of fused-ring (bicyclic) bond motifs is 1. The van der Waals surface area contributed by atoms with Crippen molar-refractivity contribution in [3.05, 3.63) is 89.2 Å². The summed E-state index contributed by atoms with van der Waals surface area (Å²) in [6, 6.07) is 19.2. The van der Waals surface area contributed by atoms with Gasteiger partial charge in [0.05, 0.1) is 0 Å². The normalized spacial score (nSPS) is 13.5. The number of hydrogen-bond donors (Lipinski definition) is 1. The molecule has 1 aliphatic carbocycles. The number of amides is 1. The SMILES string of the molecule is CC(=O)NCCc1cc(C(=O)c2ccccc2)cc2ccc(OC3=CCCCC3)cc12. The molecule has 0 aromatic heterocycles. The molecule has 3 aromatic carbocycles. The average molecular weight is 414 g/mol. The number of nitrogens with one attached hydrogen (secondary N) is 1. The highest BCUT2D eigenvalue weighted by Crippen LogP contribution is 2.29. The van der Waals surface area contributed by atoms with Crippen molar-refractivity contribution in [3.63, 3.8) is 0 Å². The monoisotopic (exact) mass is 413 g/mol. The third-order valence-corrected chi connectivity index (χ3v) is 5.58. The topological polar surface area (TPSA) is 55.4 Å². The van der Waals surface area contributed by atoms with E-state index in [1.807, 2.05) is 60.7 Å². The van der Waals surface area contributed by atoms with Gasteiger partial charge in [-0.3, -0.25) is 9.59 Å². The maximum absolute atomic E-state index is 13.1. The molecule has 0 radical (unpaired) electrons. The van der Waals surface area contributed by atoms with Crippen molar-refractivity contribution >= 4 is 22.5 Å². The van der Waals surface area contributed by atoms with Crippen LogP contribution < -0.4 is 10.1 Å². The lowest BCUT2D eigenvalue weighted by Crippen LogP contribution is -2.22. The van der Waals surface area contributed by atoms with Crippen LogP contribution in [-0.2, 0) is 11.2 Å². The summed E-state index contributed by atoms with van der Waals surface area (Å²) in [6.07, 6.45) is 7.22. The molecule has 0 bridgehead atoms. The fourth-order valence-electron chi connectivity index (χ4n) is 4.00. The molecule has 4 rings (SSSR count). The van der Waals surface area contributed by atoms with Gasteiger partial charge in [0.15, 0.2) is 5.78 Å². The zero-order chi connectivity index (χ0) is 21.6. The second-order valence-electron chi connectivity index (χ2n) is 7.96. The minimum atomic E-state index is -0.0610. The summed E-state index contributed by atoms with van der Waals surface area (Å²) in [5, 5.41) is 4.89. The van der Waals surface area contributed by atoms with Gasteiger partial charge in [-0.25, -0.2) is 0 Å². The van der Waals surface area contributed by atoms with Crippen LogP contribution in [0.1, 0.15) is 54.1 Å². The summed E-state index contributed by atoms with van der Waals surface area (Å²) in [5.41, 5.74) is 2.34. The molecular formula is C27H27NO3. The van der Waals surface area contributed by atoms with Gasteiger partial charge in [-0.05, 0) is 72.4 Å². The lowest BCUT2D eigenvalue weighted by atomic mass is 9.94. The van der Waals surface area contributed by atoms with Gasteiger partial charge >= 0.3 is 0 Å². The van der Waals surface area contributed by atoms with Crippen molar-refractivity contribution in [1.29, 1.82) is 0 Å². The van der Waals surface area contributed by atoms with Crippen LogP contribution in [0.5, 0.6) is 5.75 Å². The molecule has 0 unspecified atom stereocenters. The Bertz CT molecular complexity index is 1130. The van der Waals surface area contributed by atoms with E-state index in [1.165, 1.54) is 13.3 Å². The fraction of sp³-hybridized carbons (Fsp3) is 0.259. The summed E-state index contributed by atoms with van der Waals surface area (Å²) >= 11 is 0. The second-order valence-corrected chi connectivity index (χ2v) is 7.96. The number of ketones is 1. The second kappa shape index (κ2) is 9.61. The quantitative estimate of drug-likeness (QED) is 0.514. The van der Waals surface area contributed by atoms with Gasteiger partial charge < -0.3 is 10.1 Å². The summed E-state index contributed by atoms with van der Waals surface area (Å²) in [6.45, 7) is 2.03. The van der Waals surface area contributed by atoms with Gasteiger partial charge in [-0.2, -0.15) is 0 Å². The first-order valence-corrected chi connectivity index (χ1v) is 10.9. The summed E-state index contributed by atoms with van der Waals surface area (Å²) in [5.74, 6) is 1.77. The van der Waals surface area contributed by atoms with E-state index < -0.39 is 0 Å². The number of carbonyl (C=O) groups is 2. The molecule has 0 aliphatic heterocycles.